The third kappa shape index (κ3) is 3.87. The number of hydrogen-bond acceptors (Lipinski definition) is 3. The van der Waals surface area contributed by atoms with Crippen molar-refractivity contribution in [2.45, 2.75) is 33.2 Å². The normalized spacial score (nSPS) is 12.6. The lowest BCUT2D eigenvalue weighted by molar-refractivity contribution is -0.118. The molecule has 136 valence electrons. The Morgan fingerprint density at radius 1 is 1.15 bits per heavy atom. The van der Waals surface area contributed by atoms with E-state index in [1.165, 1.54) is 0 Å². The molecular formula is C21H24N2O3. The Kier molecular flexibility index (Phi) is 5.56. The second kappa shape index (κ2) is 8.04. The van der Waals surface area contributed by atoms with Crippen molar-refractivity contribution >= 4 is 17.5 Å². The van der Waals surface area contributed by atoms with Crippen LogP contribution in [0.4, 0.5) is 5.69 Å². The maximum atomic E-state index is 12.5. The molecule has 5 nitrogen and oxygen atoms in total. The summed E-state index contributed by atoms with van der Waals surface area (Å²) in [5, 5.41) is 2.95. The Morgan fingerprint density at radius 2 is 2.00 bits per heavy atom. The van der Waals surface area contributed by atoms with Gasteiger partial charge < -0.3 is 15.0 Å². The lowest BCUT2D eigenvalue weighted by atomic mass is 10.1. The lowest BCUT2D eigenvalue weighted by Crippen LogP contribution is -2.27. The molecule has 0 aromatic heterocycles. The van der Waals surface area contributed by atoms with E-state index in [4.69, 9.17) is 4.74 Å². The summed E-state index contributed by atoms with van der Waals surface area (Å²) < 4.78 is 5.48. The number of ether oxygens (including phenoxy) is 1. The zero-order chi connectivity index (χ0) is 18.5. The Bertz CT molecular complexity index is 817. The number of anilines is 1. The molecule has 0 atom stereocenters. The van der Waals surface area contributed by atoms with E-state index in [1.807, 2.05) is 50.2 Å². The molecule has 0 saturated heterocycles. The standard InChI is InChI=1S/C21H24N2O3/c1-3-20(24)23-11-10-16-13-17(8-9-19(16)23)21(25)22-14-15-6-5-7-18(12-15)26-4-2/h5-9,12-13H,3-4,10-11,14H2,1-2H3,(H,22,25). The fraction of sp³-hybridized carbons (Fsp3) is 0.333. The van der Waals surface area contributed by atoms with E-state index in [1.54, 1.807) is 11.0 Å². The highest BCUT2D eigenvalue weighted by Gasteiger charge is 2.24. The maximum absolute atomic E-state index is 12.5. The van der Waals surface area contributed by atoms with E-state index < -0.39 is 0 Å². The minimum atomic E-state index is -0.116. The Morgan fingerprint density at radius 3 is 2.77 bits per heavy atom. The fourth-order valence-corrected chi connectivity index (χ4v) is 3.19. The number of carbonyl (C=O) groups excluding carboxylic acids is 2. The van der Waals surface area contributed by atoms with Crippen LogP contribution >= 0.6 is 0 Å². The molecule has 1 N–H and O–H groups in total. The van der Waals surface area contributed by atoms with Crippen molar-refractivity contribution in [1.29, 1.82) is 0 Å². The Balaban J connectivity index is 1.66. The summed E-state index contributed by atoms with van der Waals surface area (Å²) in [7, 11) is 0. The first-order valence-electron chi connectivity index (χ1n) is 9.05. The zero-order valence-electron chi connectivity index (χ0n) is 15.2. The molecule has 0 fully saturated rings. The molecule has 0 radical (unpaired) electrons. The first kappa shape index (κ1) is 18.0. The number of hydrogen-bond donors (Lipinski definition) is 1. The van der Waals surface area contributed by atoms with E-state index in [-0.39, 0.29) is 11.8 Å². The van der Waals surface area contributed by atoms with Gasteiger partial charge in [-0.15, -0.1) is 0 Å². The minimum absolute atomic E-state index is 0.116. The average molecular weight is 352 g/mol. The van der Waals surface area contributed by atoms with Crippen molar-refractivity contribution in [3.05, 3.63) is 59.2 Å². The summed E-state index contributed by atoms with van der Waals surface area (Å²) >= 11 is 0. The van der Waals surface area contributed by atoms with Crippen molar-refractivity contribution in [1.82, 2.24) is 5.32 Å². The van der Waals surface area contributed by atoms with Gasteiger partial charge in [0.05, 0.1) is 6.61 Å². The van der Waals surface area contributed by atoms with Crippen LogP contribution in [0.2, 0.25) is 0 Å². The predicted octanol–water partition coefficient (Wildman–Crippen LogP) is 3.31. The van der Waals surface area contributed by atoms with Gasteiger partial charge in [0.1, 0.15) is 5.75 Å². The number of rotatable bonds is 6. The van der Waals surface area contributed by atoms with Crippen molar-refractivity contribution in [3.63, 3.8) is 0 Å². The second-order valence-electron chi connectivity index (χ2n) is 6.26. The van der Waals surface area contributed by atoms with E-state index >= 15 is 0 Å². The third-order valence-corrected chi connectivity index (χ3v) is 4.50. The molecule has 0 spiro atoms. The Labute approximate surface area is 154 Å². The molecule has 0 unspecified atom stereocenters. The summed E-state index contributed by atoms with van der Waals surface area (Å²) in [6.45, 7) is 5.55. The smallest absolute Gasteiger partial charge is 0.251 e. The van der Waals surface area contributed by atoms with Crippen molar-refractivity contribution in [2.24, 2.45) is 0 Å². The van der Waals surface area contributed by atoms with Crippen LogP contribution in [-0.2, 0) is 17.8 Å². The first-order chi connectivity index (χ1) is 12.6. The van der Waals surface area contributed by atoms with Gasteiger partial charge in [0.2, 0.25) is 5.91 Å². The molecule has 0 saturated carbocycles. The number of amides is 2. The summed E-state index contributed by atoms with van der Waals surface area (Å²) in [6.07, 6.45) is 1.28. The van der Waals surface area contributed by atoms with Crippen LogP contribution in [0.5, 0.6) is 5.75 Å². The minimum Gasteiger partial charge on any atom is -0.494 e. The summed E-state index contributed by atoms with van der Waals surface area (Å²) in [6, 6.07) is 13.3. The number of fused-ring (bicyclic) bond motifs is 1. The van der Waals surface area contributed by atoms with Gasteiger partial charge in [-0.3, -0.25) is 9.59 Å². The monoisotopic (exact) mass is 352 g/mol. The molecule has 1 heterocycles. The lowest BCUT2D eigenvalue weighted by Gasteiger charge is -2.16. The van der Waals surface area contributed by atoms with Gasteiger partial charge in [0, 0.05) is 30.8 Å². The molecule has 2 aromatic rings. The summed E-state index contributed by atoms with van der Waals surface area (Å²) in [5.41, 5.74) is 3.59. The van der Waals surface area contributed by atoms with Crippen LogP contribution in [0.3, 0.4) is 0 Å². The topological polar surface area (TPSA) is 58.6 Å². The molecular weight excluding hydrogens is 328 g/mol. The van der Waals surface area contributed by atoms with Gasteiger partial charge in [-0.1, -0.05) is 19.1 Å². The second-order valence-corrected chi connectivity index (χ2v) is 6.26. The van der Waals surface area contributed by atoms with E-state index in [0.29, 0.717) is 31.7 Å². The zero-order valence-corrected chi connectivity index (χ0v) is 15.2. The molecule has 1 aliphatic heterocycles. The Hall–Kier alpha value is -2.82. The molecule has 2 aromatic carbocycles. The van der Waals surface area contributed by atoms with Crippen molar-refractivity contribution < 1.29 is 14.3 Å². The van der Waals surface area contributed by atoms with Crippen LogP contribution < -0.4 is 15.0 Å². The third-order valence-electron chi connectivity index (χ3n) is 4.50. The fourth-order valence-electron chi connectivity index (χ4n) is 3.19. The SMILES string of the molecule is CCOc1cccc(CNC(=O)c2ccc3c(c2)CCN3C(=O)CC)c1. The molecule has 26 heavy (non-hydrogen) atoms. The predicted molar refractivity (Wildman–Crippen MR) is 102 cm³/mol. The van der Waals surface area contributed by atoms with E-state index in [0.717, 1.165) is 29.0 Å². The molecule has 1 aliphatic rings. The summed E-state index contributed by atoms with van der Waals surface area (Å²) in [5.74, 6) is 0.808. The molecule has 0 aliphatic carbocycles. The van der Waals surface area contributed by atoms with Crippen LogP contribution in [-0.4, -0.2) is 25.0 Å². The number of nitrogens with zero attached hydrogens (tertiary/aromatic N) is 1. The number of nitrogens with one attached hydrogen (secondary N) is 1. The van der Waals surface area contributed by atoms with Crippen molar-refractivity contribution in [3.8, 4) is 5.75 Å². The van der Waals surface area contributed by atoms with Gasteiger partial charge in [-0.05, 0) is 54.8 Å². The molecule has 2 amide bonds. The molecule has 0 bridgehead atoms. The van der Waals surface area contributed by atoms with Gasteiger partial charge in [0.25, 0.3) is 5.91 Å². The number of benzene rings is 2. The van der Waals surface area contributed by atoms with Crippen LogP contribution in [0.15, 0.2) is 42.5 Å². The maximum Gasteiger partial charge on any atom is 0.251 e. The van der Waals surface area contributed by atoms with E-state index in [2.05, 4.69) is 5.32 Å². The highest BCUT2D eigenvalue weighted by Crippen LogP contribution is 2.29. The number of carbonyl (C=O) groups is 2. The first-order valence-corrected chi connectivity index (χ1v) is 9.05. The van der Waals surface area contributed by atoms with Crippen LogP contribution in [0, 0.1) is 0 Å². The van der Waals surface area contributed by atoms with Crippen LogP contribution in [0.25, 0.3) is 0 Å². The van der Waals surface area contributed by atoms with Gasteiger partial charge in [-0.2, -0.15) is 0 Å². The highest BCUT2D eigenvalue weighted by molar-refractivity contribution is 5.98. The quantitative estimate of drug-likeness (QED) is 0.868. The van der Waals surface area contributed by atoms with Gasteiger partial charge in [0.15, 0.2) is 0 Å². The van der Waals surface area contributed by atoms with Crippen LogP contribution in [0.1, 0.15) is 41.8 Å². The highest BCUT2D eigenvalue weighted by atomic mass is 16.5. The van der Waals surface area contributed by atoms with Gasteiger partial charge >= 0.3 is 0 Å². The molecule has 3 rings (SSSR count). The van der Waals surface area contributed by atoms with Gasteiger partial charge in [-0.25, -0.2) is 0 Å². The summed E-state index contributed by atoms with van der Waals surface area (Å²) in [4.78, 5) is 26.2. The van der Waals surface area contributed by atoms with Crippen molar-refractivity contribution in [2.75, 3.05) is 18.1 Å². The largest absolute Gasteiger partial charge is 0.494 e. The average Bonchev–Trinajstić information content (AvgIpc) is 3.09. The van der Waals surface area contributed by atoms with E-state index in [9.17, 15) is 9.59 Å². The molecule has 5 heteroatoms.